The summed E-state index contributed by atoms with van der Waals surface area (Å²) in [7, 11) is 0. The molecule has 0 atom stereocenters. The van der Waals surface area contributed by atoms with Crippen molar-refractivity contribution in [2.45, 2.75) is 13.5 Å². The molecule has 3 aromatic heterocycles. The molecule has 0 saturated carbocycles. The molecule has 1 amide bonds. The molecule has 0 aliphatic carbocycles. The zero-order valence-corrected chi connectivity index (χ0v) is 23.8. The van der Waals surface area contributed by atoms with E-state index in [9.17, 15) is 18.8 Å². The lowest BCUT2D eigenvalue weighted by molar-refractivity contribution is 0.102. The van der Waals surface area contributed by atoms with Gasteiger partial charge in [0.05, 0.1) is 23.8 Å². The number of pyridine rings is 1. The van der Waals surface area contributed by atoms with Crippen LogP contribution in [0.25, 0.3) is 11.2 Å². The molecule has 2 aromatic carbocycles. The Morgan fingerprint density at radius 1 is 0.977 bits per heavy atom. The van der Waals surface area contributed by atoms with Gasteiger partial charge in [-0.2, -0.15) is 16.9 Å². The number of halogens is 2. The molecule has 1 aliphatic rings. The molecule has 1 saturated heterocycles. The number of thioether (sulfide) groups is 1. The Kier molecular flexibility index (Phi) is 7.72. The number of amides is 1. The van der Waals surface area contributed by atoms with Crippen LogP contribution in [0.15, 0.2) is 82.8 Å². The molecular formula is C30H26F2N6O4S. The molecule has 5 aromatic rings. The van der Waals surface area contributed by atoms with Crippen molar-refractivity contribution in [3.05, 3.63) is 111 Å². The number of nitrogens with zero attached hydrogens (tertiary/aromatic N) is 5. The lowest BCUT2D eigenvalue weighted by atomic mass is 10.2. The Balaban J connectivity index is 1.27. The SMILES string of the molecule is CCn1cc(C(=O)Nc2ccc(Oc3cc(N4CCSCC4)cn4nccc34)c(F)c2)c(=O)n(-c2ccc(F)cc2)c1=O. The van der Waals surface area contributed by atoms with Crippen LogP contribution in [0.3, 0.4) is 0 Å². The Labute approximate surface area is 248 Å². The zero-order valence-electron chi connectivity index (χ0n) is 23.0. The number of ether oxygens (including phenoxy) is 1. The number of fused-ring (bicyclic) bond motifs is 1. The van der Waals surface area contributed by atoms with Gasteiger partial charge in [0.25, 0.3) is 11.5 Å². The Hall–Kier alpha value is -4.91. The number of carbonyl (C=O) groups is 1. The molecule has 6 rings (SSSR count). The van der Waals surface area contributed by atoms with Crippen molar-refractivity contribution in [3.63, 3.8) is 0 Å². The van der Waals surface area contributed by atoms with Gasteiger partial charge in [-0.25, -0.2) is 22.7 Å². The molecule has 1 fully saturated rings. The molecule has 0 bridgehead atoms. The molecule has 0 radical (unpaired) electrons. The number of nitrogens with one attached hydrogen (secondary N) is 1. The van der Waals surface area contributed by atoms with E-state index in [4.69, 9.17) is 4.74 Å². The fourth-order valence-corrected chi connectivity index (χ4v) is 5.74. The largest absolute Gasteiger partial charge is 0.452 e. The van der Waals surface area contributed by atoms with E-state index in [1.165, 1.54) is 28.8 Å². The van der Waals surface area contributed by atoms with Crippen LogP contribution in [0, 0.1) is 11.6 Å². The third-order valence-corrected chi connectivity index (χ3v) is 8.01. The van der Waals surface area contributed by atoms with E-state index in [-0.39, 0.29) is 29.2 Å². The fraction of sp³-hybridized carbons (Fsp3) is 0.200. The van der Waals surface area contributed by atoms with Gasteiger partial charge in [0.1, 0.15) is 16.9 Å². The maximum Gasteiger partial charge on any atom is 0.335 e. The van der Waals surface area contributed by atoms with Crippen molar-refractivity contribution in [1.29, 1.82) is 0 Å². The summed E-state index contributed by atoms with van der Waals surface area (Å²) in [4.78, 5) is 41.5. The van der Waals surface area contributed by atoms with Gasteiger partial charge in [-0.05, 0) is 49.4 Å². The highest BCUT2D eigenvalue weighted by Crippen LogP contribution is 2.33. The van der Waals surface area contributed by atoms with Crippen LogP contribution in [0.5, 0.6) is 11.5 Å². The smallest absolute Gasteiger partial charge is 0.335 e. The lowest BCUT2D eigenvalue weighted by Crippen LogP contribution is -2.42. The Morgan fingerprint density at radius 2 is 1.74 bits per heavy atom. The molecule has 0 spiro atoms. The van der Waals surface area contributed by atoms with E-state index in [1.807, 2.05) is 24.0 Å². The number of benzene rings is 2. The second-order valence-corrected chi connectivity index (χ2v) is 11.0. The molecule has 220 valence electrons. The van der Waals surface area contributed by atoms with Gasteiger partial charge in [0, 0.05) is 55.2 Å². The third-order valence-electron chi connectivity index (χ3n) is 7.07. The Bertz CT molecular complexity index is 1950. The van der Waals surface area contributed by atoms with Gasteiger partial charge in [0.2, 0.25) is 0 Å². The maximum atomic E-state index is 15.3. The van der Waals surface area contributed by atoms with E-state index in [2.05, 4.69) is 15.3 Å². The molecule has 1 aliphatic heterocycles. The average molecular weight is 605 g/mol. The molecule has 0 unspecified atom stereocenters. The second-order valence-electron chi connectivity index (χ2n) is 9.75. The number of carbonyl (C=O) groups excluding carboxylic acids is 1. The van der Waals surface area contributed by atoms with E-state index >= 15 is 4.39 Å². The molecule has 1 N–H and O–H groups in total. The van der Waals surface area contributed by atoms with Gasteiger partial charge in [-0.1, -0.05) is 0 Å². The predicted octanol–water partition coefficient (Wildman–Crippen LogP) is 4.54. The first-order valence-corrected chi connectivity index (χ1v) is 14.7. The van der Waals surface area contributed by atoms with Gasteiger partial charge in [-0.3, -0.25) is 14.2 Å². The number of rotatable bonds is 7. The topological polar surface area (TPSA) is 103 Å². The fourth-order valence-electron chi connectivity index (χ4n) is 4.84. The summed E-state index contributed by atoms with van der Waals surface area (Å²) in [6.45, 7) is 3.61. The number of aromatic nitrogens is 4. The van der Waals surface area contributed by atoms with Gasteiger partial charge in [-0.15, -0.1) is 0 Å². The minimum atomic E-state index is -0.892. The quantitative estimate of drug-likeness (QED) is 0.291. The predicted molar refractivity (Wildman–Crippen MR) is 161 cm³/mol. The van der Waals surface area contributed by atoms with Gasteiger partial charge >= 0.3 is 5.69 Å². The van der Waals surface area contributed by atoms with Crippen molar-refractivity contribution in [1.82, 2.24) is 18.7 Å². The highest BCUT2D eigenvalue weighted by Gasteiger charge is 2.20. The van der Waals surface area contributed by atoms with Crippen LogP contribution in [-0.2, 0) is 6.54 Å². The van der Waals surface area contributed by atoms with Crippen molar-refractivity contribution >= 4 is 34.6 Å². The highest BCUT2D eigenvalue weighted by molar-refractivity contribution is 7.99. The first-order valence-electron chi connectivity index (χ1n) is 13.5. The molecule has 4 heterocycles. The summed E-state index contributed by atoms with van der Waals surface area (Å²) < 4.78 is 38.4. The number of aryl methyl sites for hydroxylation is 1. The summed E-state index contributed by atoms with van der Waals surface area (Å²) in [5, 5.41) is 6.85. The first kappa shape index (κ1) is 28.2. The van der Waals surface area contributed by atoms with Crippen LogP contribution in [-0.4, -0.2) is 49.3 Å². The summed E-state index contributed by atoms with van der Waals surface area (Å²) in [5.41, 5.74) is -0.161. The molecule has 43 heavy (non-hydrogen) atoms. The van der Waals surface area contributed by atoms with E-state index in [0.29, 0.717) is 11.3 Å². The molecular weight excluding hydrogens is 578 g/mol. The van der Waals surface area contributed by atoms with Crippen molar-refractivity contribution < 1.29 is 18.3 Å². The van der Waals surface area contributed by atoms with Crippen LogP contribution in [0.4, 0.5) is 20.2 Å². The summed E-state index contributed by atoms with van der Waals surface area (Å²) >= 11 is 1.89. The van der Waals surface area contributed by atoms with E-state index in [1.54, 1.807) is 23.7 Å². The lowest BCUT2D eigenvalue weighted by Gasteiger charge is -2.28. The summed E-state index contributed by atoms with van der Waals surface area (Å²) in [5.74, 6) is 0.253. The maximum absolute atomic E-state index is 15.3. The number of hydrogen-bond acceptors (Lipinski definition) is 7. The highest BCUT2D eigenvalue weighted by atomic mass is 32.2. The van der Waals surface area contributed by atoms with Crippen molar-refractivity contribution in [2.24, 2.45) is 0 Å². The monoisotopic (exact) mass is 604 g/mol. The van der Waals surface area contributed by atoms with Crippen LogP contribution in [0.1, 0.15) is 17.3 Å². The second kappa shape index (κ2) is 11.8. The third kappa shape index (κ3) is 5.63. The van der Waals surface area contributed by atoms with Gasteiger partial charge < -0.3 is 15.0 Å². The van der Waals surface area contributed by atoms with Crippen LogP contribution >= 0.6 is 11.8 Å². The van der Waals surface area contributed by atoms with Gasteiger partial charge in [0.15, 0.2) is 17.3 Å². The minimum Gasteiger partial charge on any atom is -0.452 e. The first-order chi connectivity index (χ1) is 20.8. The number of anilines is 2. The zero-order chi connectivity index (χ0) is 30.1. The van der Waals surface area contributed by atoms with Crippen molar-refractivity contribution in [3.8, 4) is 17.2 Å². The van der Waals surface area contributed by atoms with Crippen molar-refractivity contribution in [2.75, 3.05) is 34.8 Å². The summed E-state index contributed by atoms with van der Waals surface area (Å²) in [6.07, 6.45) is 4.70. The average Bonchev–Trinajstić information content (AvgIpc) is 3.49. The van der Waals surface area contributed by atoms with E-state index < -0.39 is 28.8 Å². The molecule has 10 nitrogen and oxygen atoms in total. The van der Waals surface area contributed by atoms with Crippen LogP contribution in [0.2, 0.25) is 0 Å². The Morgan fingerprint density at radius 3 is 2.47 bits per heavy atom. The minimum absolute atomic E-state index is 0.0642. The standard InChI is InChI=1S/C30H26F2N6O4S/c1-2-35-18-23(29(40)38(30(35)41)21-6-3-19(31)4-7-21)28(39)34-20-5-8-26(24(32)15-20)42-27-16-22(36-11-13-43-14-12-36)17-37-25(27)9-10-33-37/h3-10,15-18H,2,11-14H2,1H3,(H,34,39). The summed E-state index contributed by atoms with van der Waals surface area (Å²) in [6, 6.07) is 12.3. The van der Waals surface area contributed by atoms with E-state index in [0.717, 1.165) is 59.2 Å². The number of hydrogen-bond donors (Lipinski definition) is 1. The molecule has 13 heteroatoms. The normalized spacial score (nSPS) is 13.3. The van der Waals surface area contributed by atoms with Crippen LogP contribution < -0.4 is 26.2 Å².